The summed E-state index contributed by atoms with van der Waals surface area (Å²) in [5, 5.41) is 11.6. The molecule has 3 heteroatoms. The zero-order valence-corrected chi connectivity index (χ0v) is 9.99. The first-order chi connectivity index (χ1) is 6.26. The number of anilines is 1. The van der Waals surface area contributed by atoms with Crippen molar-refractivity contribution in [3.8, 4) is 5.75 Å². The molecule has 0 aliphatic rings. The van der Waals surface area contributed by atoms with Gasteiger partial charge >= 0.3 is 84.2 Å². The molecule has 0 aliphatic heterocycles. The van der Waals surface area contributed by atoms with E-state index in [9.17, 15) is 0 Å². The first-order valence-corrected chi connectivity index (χ1v) is 8.16. The topological polar surface area (TPSA) is 32.3 Å². The number of nitrogens with one attached hydrogen (secondary N) is 1. The Bertz CT molecular complexity index is 244. The Hall–Kier alpha value is -0.622. The molecule has 0 fully saturated rings. The van der Waals surface area contributed by atoms with Gasteiger partial charge in [-0.1, -0.05) is 0 Å². The van der Waals surface area contributed by atoms with Crippen LogP contribution in [0.2, 0.25) is 10.4 Å². The number of phenols is 1. The fourth-order valence-corrected chi connectivity index (χ4v) is 3.78. The molecule has 2 N–H and O–H groups in total. The van der Waals surface area contributed by atoms with Crippen molar-refractivity contribution >= 4 is 20.6 Å². The van der Waals surface area contributed by atoms with Crippen molar-refractivity contribution in [1.82, 2.24) is 0 Å². The van der Waals surface area contributed by atoms with E-state index in [0.29, 0.717) is 5.75 Å². The van der Waals surface area contributed by atoms with Crippen LogP contribution in [-0.4, -0.2) is 20.0 Å². The van der Waals surface area contributed by atoms with Gasteiger partial charge in [0.2, 0.25) is 0 Å². The zero-order chi connectivity index (χ0) is 9.68. The molecule has 0 atom stereocenters. The maximum atomic E-state index is 9.09. The number of aromatic hydroxyl groups is 1. The quantitative estimate of drug-likeness (QED) is 0.627. The Kier molecular flexibility index (Phi) is 4.17. The van der Waals surface area contributed by atoms with Gasteiger partial charge in [0.15, 0.2) is 0 Å². The minimum atomic E-state index is -0.831. The van der Waals surface area contributed by atoms with E-state index in [1.165, 1.54) is 10.4 Å². The summed E-state index contributed by atoms with van der Waals surface area (Å²) in [7, 11) is 0. The first-order valence-electron chi connectivity index (χ1n) is 4.57. The predicted octanol–water partition coefficient (Wildman–Crippen LogP) is 2.84. The molecule has 0 amide bonds. The molecular formula is C10H16AsNO. The number of benzene rings is 1. The Balaban J connectivity index is 2.58. The third kappa shape index (κ3) is 3.31. The molecule has 13 heavy (non-hydrogen) atoms. The van der Waals surface area contributed by atoms with Crippen LogP contribution in [-0.2, 0) is 0 Å². The molecule has 0 aliphatic carbocycles. The van der Waals surface area contributed by atoms with Crippen LogP contribution in [0.25, 0.3) is 0 Å². The monoisotopic (exact) mass is 241 g/mol. The van der Waals surface area contributed by atoms with Crippen LogP contribution in [0, 0.1) is 0 Å². The zero-order valence-electron chi connectivity index (χ0n) is 8.12. The number of rotatable bonds is 4. The molecule has 0 radical (unpaired) electrons. The molecular weight excluding hydrogens is 225 g/mol. The van der Waals surface area contributed by atoms with Crippen LogP contribution < -0.4 is 4.23 Å². The fraction of sp³-hybridized carbons (Fsp3) is 0.400. The van der Waals surface area contributed by atoms with E-state index in [4.69, 9.17) is 5.11 Å². The summed E-state index contributed by atoms with van der Waals surface area (Å²) in [6.45, 7) is 4.47. The Morgan fingerprint density at radius 1 is 1.15 bits per heavy atom. The van der Waals surface area contributed by atoms with E-state index in [0.717, 1.165) is 5.69 Å². The summed E-state index contributed by atoms with van der Waals surface area (Å²) in [5.74, 6) is 0.331. The van der Waals surface area contributed by atoms with E-state index in [2.05, 4.69) is 18.1 Å². The van der Waals surface area contributed by atoms with Gasteiger partial charge in [-0.25, -0.2) is 0 Å². The van der Waals surface area contributed by atoms with Crippen LogP contribution >= 0.6 is 0 Å². The summed E-state index contributed by atoms with van der Waals surface area (Å²) in [6, 6.07) is 7.31. The van der Waals surface area contributed by atoms with Crippen molar-refractivity contribution < 1.29 is 5.11 Å². The van der Waals surface area contributed by atoms with Crippen LogP contribution in [0.3, 0.4) is 0 Å². The van der Waals surface area contributed by atoms with E-state index >= 15 is 0 Å². The number of hydrogen-bond donors (Lipinski definition) is 2. The molecule has 1 aromatic rings. The van der Waals surface area contributed by atoms with E-state index in [1.54, 1.807) is 12.1 Å². The van der Waals surface area contributed by atoms with Crippen LogP contribution in [0.5, 0.6) is 5.75 Å². The van der Waals surface area contributed by atoms with Gasteiger partial charge < -0.3 is 0 Å². The maximum absolute atomic E-state index is 9.09. The average Bonchev–Trinajstić information content (AvgIpc) is 2.17. The van der Waals surface area contributed by atoms with Crippen molar-refractivity contribution in [2.45, 2.75) is 24.3 Å². The van der Waals surface area contributed by atoms with Crippen molar-refractivity contribution in [3.05, 3.63) is 24.3 Å². The van der Waals surface area contributed by atoms with Gasteiger partial charge in [-0.3, -0.25) is 0 Å². The standard InChI is InChI=1S/C10H16AsNO/c1-3-11(4-2)12-9-5-7-10(13)8-6-9/h5-8,12-13H,3-4H2,1-2H3. The Labute approximate surface area is 84.5 Å². The van der Waals surface area contributed by atoms with Crippen molar-refractivity contribution in [3.63, 3.8) is 0 Å². The second kappa shape index (κ2) is 5.18. The summed E-state index contributed by atoms with van der Waals surface area (Å²) in [5.41, 5.74) is 1.14. The van der Waals surface area contributed by atoms with Gasteiger partial charge in [-0.05, 0) is 0 Å². The van der Waals surface area contributed by atoms with Crippen LogP contribution in [0.4, 0.5) is 5.69 Å². The molecule has 0 unspecified atom stereocenters. The van der Waals surface area contributed by atoms with Crippen LogP contribution in [0.1, 0.15) is 13.8 Å². The molecule has 2 nitrogen and oxygen atoms in total. The molecule has 0 spiro atoms. The third-order valence-electron chi connectivity index (χ3n) is 1.92. The number of hydrogen-bond acceptors (Lipinski definition) is 2. The normalized spacial score (nSPS) is 10.4. The molecule has 0 aromatic heterocycles. The minimum absolute atomic E-state index is 0.331. The fourth-order valence-electron chi connectivity index (χ4n) is 1.10. The molecule has 1 rings (SSSR count). The third-order valence-corrected chi connectivity index (χ3v) is 6.33. The average molecular weight is 241 g/mol. The van der Waals surface area contributed by atoms with Gasteiger partial charge in [-0.2, -0.15) is 0 Å². The van der Waals surface area contributed by atoms with Gasteiger partial charge in [0.05, 0.1) is 0 Å². The summed E-state index contributed by atoms with van der Waals surface area (Å²) in [6.07, 6.45) is 0. The summed E-state index contributed by atoms with van der Waals surface area (Å²) >= 11 is -0.831. The summed E-state index contributed by atoms with van der Waals surface area (Å²) in [4.78, 5) is 0. The molecule has 0 saturated carbocycles. The van der Waals surface area contributed by atoms with E-state index in [-0.39, 0.29) is 0 Å². The molecule has 1 aromatic carbocycles. The van der Waals surface area contributed by atoms with Gasteiger partial charge in [0, 0.05) is 0 Å². The first kappa shape index (κ1) is 10.5. The van der Waals surface area contributed by atoms with Gasteiger partial charge in [0.25, 0.3) is 0 Å². The Morgan fingerprint density at radius 3 is 2.15 bits per heavy atom. The second-order valence-electron chi connectivity index (χ2n) is 2.83. The second-order valence-corrected chi connectivity index (χ2v) is 8.22. The van der Waals surface area contributed by atoms with Gasteiger partial charge in [0.1, 0.15) is 0 Å². The van der Waals surface area contributed by atoms with E-state index < -0.39 is 14.9 Å². The van der Waals surface area contributed by atoms with E-state index in [1.807, 2.05) is 12.1 Å². The molecule has 0 bridgehead atoms. The van der Waals surface area contributed by atoms with Crippen molar-refractivity contribution in [1.29, 1.82) is 0 Å². The molecule has 0 saturated heterocycles. The van der Waals surface area contributed by atoms with Crippen molar-refractivity contribution in [2.75, 3.05) is 4.23 Å². The SMILES string of the molecule is CC[As](CC)Nc1ccc(O)cc1. The van der Waals surface area contributed by atoms with Crippen molar-refractivity contribution in [2.24, 2.45) is 0 Å². The summed E-state index contributed by atoms with van der Waals surface area (Å²) < 4.78 is 3.54. The molecule has 0 heterocycles. The number of phenolic OH excluding ortho intramolecular Hbond substituents is 1. The van der Waals surface area contributed by atoms with Crippen LogP contribution in [0.15, 0.2) is 24.3 Å². The predicted molar refractivity (Wildman–Crippen MR) is 58.4 cm³/mol. The molecule has 72 valence electrons. The Morgan fingerprint density at radius 2 is 1.69 bits per heavy atom. The van der Waals surface area contributed by atoms with Gasteiger partial charge in [-0.15, -0.1) is 0 Å².